The zero-order valence-corrected chi connectivity index (χ0v) is 18.8. The number of hydrogen-bond donors (Lipinski definition) is 2. The third-order valence-electron chi connectivity index (χ3n) is 7.41. The first-order valence-electron chi connectivity index (χ1n) is 12.1. The number of pyridine rings is 1. The van der Waals surface area contributed by atoms with Crippen molar-refractivity contribution in [2.75, 3.05) is 44.2 Å². The van der Waals surface area contributed by atoms with E-state index < -0.39 is 5.67 Å². The number of benzene rings is 1. The maximum absolute atomic E-state index is 15.3. The van der Waals surface area contributed by atoms with E-state index in [0.29, 0.717) is 18.9 Å². The van der Waals surface area contributed by atoms with Crippen LogP contribution in [0.25, 0.3) is 22.3 Å². The number of aromatic amines is 1. The maximum Gasteiger partial charge on any atom is 0.225 e. The Bertz CT molecular complexity index is 1160. The fourth-order valence-corrected chi connectivity index (χ4v) is 5.26. The van der Waals surface area contributed by atoms with Gasteiger partial charge < -0.3 is 20.1 Å². The van der Waals surface area contributed by atoms with E-state index in [1.807, 2.05) is 35.4 Å². The van der Waals surface area contributed by atoms with Crippen molar-refractivity contribution >= 4 is 22.6 Å². The van der Waals surface area contributed by atoms with Crippen molar-refractivity contribution in [2.45, 2.75) is 31.4 Å². The van der Waals surface area contributed by atoms with Crippen molar-refractivity contribution in [3.63, 3.8) is 0 Å². The summed E-state index contributed by atoms with van der Waals surface area (Å²) < 4.78 is 15.3. The molecular formula is C26H30FN5O. The molecule has 3 fully saturated rings. The molecule has 0 spiro atoms. The number of fused-ring (bicyclic) bond motifs is 1. The lowest BCUT2D eigenvalue weighted by Crippen LogP contribution is -2.49. The van der Waals surface area contributed by atoms with E-state index in [4.69, 9.17) is 0 Å². The molecule has 2 N–H and O–H groups in total. The SMILES string of the molecule is O=C(C1CC1)N1CCN(c2ccnc3[nH]c(-c4ccc(C5(F)CCCNC5)cc4)cc23)CC1. The lowest BCUT2D eigenvalue weighted by Gasteiger charge is -2.36. The molecule has 0 bridgehead atoms. The molecule has 3 aromatic rings. The molecule has 1 unspecified atom stereocenters. The van der Waals surface area contributed by atoms with Gasteiger partial charge in [-0.15, -0.1) is 0 Å². The van der Waals surface area contributed by atoms with Gasteiger partial charge in [0.25, 0.3) is 0 Å². The van der Waals surface area contributed by atoms with Gasteiger partial charge in [-0.25, -0.2) is 9.37 Å². The van der Waals surface area contributed by atoms with Crippen LogP contribution in [0, 0.1) is 5.92 Å². The average Bonchev–Trinajstić information content (AvgIpc) is 3.62. The number of H-pyrrole nitrogens is 1. The molecule has 2 aliphatic heterocycles. The predicted octanol–water partition coefficient (Wildman–Crippen LogP) is 3.84. The molecule has 1 aliphatic carbocycles. The van der Waals surface area contributed by atoms with E-state index >= 15 is 4.39 Å². The highest BCUT2D eigenvalue weighted by atomic mass is 19.1. The van der Waals surface area contributed by atoms with Crippen molar-refractivity contribution in [1.29, 1.82) is 0 Å². The summed E-state index contributed by atoms with van der Waals surface area (Å²) in [6.45, 7) is 4.49. The zero-order valence-electron chi connectivity index (χ0n) is 18.8. The van der Waals surface area contributed by atoms with Gasteiger partial charge in [0.2, 0.25) is 5.91 Å². The summed E-state index contributed by atoms with van der Waals surface area (Å²) >= 11 is 0. The van der Waals surface area contributed by atoms with Crippen molar-refractivity contribution < 1.29 is 9.18 Å². The molecule has 1 aromatic carbocycles. The van der Waals surface area contributed by atoms with Crippen LogP contribution < -0.4 is 10.2 Å². The maximum atomic E-state index is 15.3. The van der Waals surface area contributed by atoms with Crippen LogP contribution in [0.3, 0.4) is 0 Å². The van der Waals surface area contributed by atoms with Crippen LogP contribution in [0.5, 0.6) is 0 Å². The highest BCUT2D eigenvalue weighted by molar-refractivity contribution is 5.94. The first-order chi connectivity index (χ1) is 16.1. The largest absolute Gasteiger partial charge is 0.367 e. The van der Waals surface area contributed by atoms with Crippen LogP contribution in [0.4, 0.5) is 10.1 Å². The second kappa shape index (κ2) is 8.13. The van der Waals surface area contributed by atoms with E-state index in [9.17, 15) is 4.79 Å². The van der Waals surface area contributed by atoms with Crippen LogP contribution in [0.15, 0.2) is 42.6 Å². The fraction of sp³-hybridized carbons (Fsp3) is 0.462. The number of rotatable bonds is 4. The van der Waals surface area contributed by atoms with E-state index in [2.05, 4.69) is 32.3 Å². The first kappa shape index (κ1) is 20.7. The third kappa shape index (κ3) is 3.88. The molecule has 0 radical (unpaired) electrons. The summed E-state index contributed by atoms with van der Waals surface area (Å²) in [6, 6.07) is 12.0. The third-order valence-corrected chi connectivity index (χ3v) is 7.41. The van der Waals surface area contributed by atoms with E-state index in [-0.39, 0.29) is 5.92 Å². The standard InChI is InChI=1S/C26H30FN5O/c27-26(9-1-10-28-17-26)20-6-4-18(5-7-20)22-16-21-23(8-11-29-24(21)30-22)31-12-14-32(15-13-31)25(33)19-2-3-19/h4-8,11,16,19,28H,1-3,9-10,12-15,17H2,(H,29,30). The Morgan fingerprint density at radius 3 is 2.58 bits per heavy atom. The summed E-state index contributed by atoms with van der Waals surface area (Å²) in [5, 5.41) is 4.26. The Hall–Kier alpha value is -2.93. The van der Waals surface area contributed by atoms with Gasteiger partial charge in [-0.2, -0.15) is 0 Å². The number of piperazine rings is 1. The molecule has 2 saturated heterocycles. The van der Waals surface area contributed by atoms with Gasteiger partial charge >= 0.3 is 0 Å². The van der Waals surface area contributed by atoms with Crippen molar-refractivity contribution in [1.82, 2.24) is 20.2 Å². The molecule has 2 aromatic heterocycles. The molecule has 1 atom stereocenters. The highest BCUT2D eigenvalue weighted by Gasteiger charge is 2.35. The van der Waals surface area contributed by atoms with Crippen molar-refractivity contribution in [2.24, 2.45) is 5.92 Å². The Morgan fingerprint density at radius 2 is 1.88 bits per heavy atom. The number of piperidine rings is 1. The molecule has 1 amide bonds. The zero-order chi connectivity index (χ0) is 22.4. The van der Waals surface area contributed by atoms with Crippen molar-refractivity contribution in [3.8, 4) is 11.3 Å². The first-order valence-corrected chi connectivity index (χ1v) is 12.1. The number of amides is 1. The number of aromatic nitrogens is 2. The van der Waals surface area contributed by atoms with Gasteiger partial charge in [-0.3, -0.25) is 4.79 Å². The van der Waals surface area contributed by atoms with E-state index in [1.54, 1.807) is 0 Å². The molecule has 4 heterocycles. The lowest BCUT2D eigenvalue weighted by molar-refractivity contribution is -0.132. The Labute approximate surface area is 193 Å². The van der Waals surface area contributed by atoms with Gasteiger partial charge in [0.05, 0.1) is 0 Å². The van der Waals surface area contributed by atoms with Crippen LogP contribution in [-0.2, 0) is 10.5 Å². The molecule has 172 valence electrons. The normalized spacial score (nSPS) is 23.8. The van der Waals surface area contributed by atoms with Crippen LogP contribution >= 0.6 is 0 Å². The minimum Gasteiger partial charge on any atom is -0.367 e. The minimum absolute atomic E-state index is 0.282. The lowest BCUT2D eigenvalue weighted by atomic mass is 9.88. The smallest absolute Gasteiger partial charge is 0.225 e. The molecule has 3 aliphatic rings. The topological polar surface area (TPSA) is 64.3 Å². The van der Waals surface area contributed by atoms with E-state index in [0.717, 1.165) is 85.5 Å². The average molecular weight is 448 g/mol. The summed E-state index contributed by atoms with van der Waals surface area (Å²) in [5.74, 6) is 0.616. The van der Waals surface area contributed by atoms with Crippen molar-refractivity contribution in [3.05, 3.63) is 48.2 Å². The number of alkyl halides is 1. The number of nitrogens with zero attached hydrogens (tertiary/aromatic N) is 3. The summed E-state index contributed by atoms with van der Waals surface area (Å²) in [7, 11) is 0. The van der Waals surface area contributed by atoms with Gasteiger partial charge in [0.1, 0.15) is 11.3 Å². The summed E-state index contributed by atoms with van der Waals surface area (Å²) in [4.78, 5) is 24.7. The van der Waals surface area contributed by atoms with Gasteiger partial charge in [0.15, 0.2) is 0 Å². The molecule has 1 saturated carbocycles. The number of carbonyl (C=O) groups is 1. The molecular weight excluding hydrogens is 417 g/mol. The molecule has 6 rings (SSSR count). The van der Waals surface area contributed by atoms with Gasteiger partial charge in [-0.1, -0.05) is 24.3 Å². The highest BCUT2D eigenvalue weighted by Crippen LogP contribution is 2.36. The number of carbonyl (C=O) groups excluding carboxylic acids is 1. The Balaban J connectivity index is 1.22. The van der Waals surface area contributed by atoms with Crippen LogP contribution in [-0.4, -0.2) is 60.0 Å². The summed E-state index contributed by atoms with van der Waals surface area (Å²) in [6.07, 6.45) is 5.38. The van der Waals surface area contributed by atoms with Gasteiger partial charge in [0, 0.05) is 61.6 Å². The predicted molar refractivity (Wildman–Crippen MR) is 128 cm³/mol. The number of nitrogens with one attached hydrogen (secondary N) is 2. The van der Waals surface area contributed by atoms with Crippen LogP contribution in [0.1, 0.15) is 31.2 Å². The molecule has 7 heteroatoms. The monoisotopic (exact) mass is 447 g/mol. The quantitative estimate of drug-likeness (QED) is 0.638. The molecule has 6 nitrogen and oxygen atoms in total. The Morgan fingerprint density at radius 1 is 1.09 bits per heavy atom. The Kier molecular flexibility index (Phi) is 5.09. The number of hydrogen-bond acceptors (Lipinski definition) is 4. The van der Waals surface area contributed by atoms with Crippen LogP contribution in [0.2, 0.25) is 0 Å². The number of anilines is 1. The second-order valence-electron chi connectivity index (χ2n) is 9.68. The molecule has 33 heavy (non-hydrogen) atoms. The van der Waals surface area contributed by atoms with Gasteiger partial charge in [-0.05, 0) is 55.5 Å². The second-order valence-corrected chi connectivity index (χ2v) is 9.68. The number of halogens is 1. The fourth-order valence-electron chi connectivity index (χ4n) is 5.26. The minimum atomic E-state index is -1.28. The summed E-state index contributed by atoms with van der Waals surface area (Å²) in [5.41, 5.74) is 3.46. The van der Waals surface area contributed by atoms with E-state index in [1.165, 1.54) is 0 Å².